The van der Waals surface area contributed by atoms with Crippen LogP contribution in [0.5, 0.6) is 0 Å². The minimum absolute atomic E-state index is 0.132. The lowest BCUT2D eigenvalue weighted by molar-refractivity contribution is 0.598. The van der Waals surface area contributed by atoms with Crippen LogP contribution in [0.15, 0.2) is 179 Å². The van der Waals surface area contributed by atoms with Crippen molar-refractivity contribution in [1.82, 2.24) is 4.98 Å². The Morgan fingerprint density at radius 3 is 2.09 bits per heavy atom. The van der Waals surface area contributed by atoms with Gasteiger partial charge in [0.15, 0.2) is 0 Å². The largest absolute Gasteiger partial charge is 0.455 e. The van der Waals surface area contributed by atoms with Gasteiger partial charge in [-0.05, 0) is 94.0 Å². The van der Waals surface area contributed by atoms with E-state index in [1.807, 2.05) is 116 Å². The molecule has 3 heteroatoms. The summed E-state index contributed by atoms with van der Waals surface area (Å²) in [6, 6.07) is 44.4. The molecule has 0 radical (unpaired) electrons. The first-order valence-corrected chi connectivity index (χ1v) is 18.2. The Kier molecular flexibility index (Phi) is 7.15. The van der Waals surface area contributed by atoms with Crippen LogP contribution in [0.4, 0.5) is 5.69 Å². The van der Waals surface area contributed by atoms with E-state index in [9.17, 15) is 4.11 Å². The van der Waals surface area contributed by atoms with E-state index >= 15 is 0 Å². The summed E-state index contributed by atoms with van der Waals surface area (Å²) < 4.78 is 62.5. The van der Waals surface area contributed by atoms with E-state index in [0.29, 0.717) is 50.7 Å². The molecule has 0 aliphatic rings. The van der Waals surface area contributed by atoms with Crippen LogP contribution in [0.3, 0.4) is 0 Å². The molecule has 0 N–H and O–H groups in total. The molecule has 0 spiro atoms. The average molecular weight is 715 g/mol. The minimum Gasteiger partial charge on any atom is -0.455 e. The van der Waals surface area contributed by atoms with E-state index in [-0.39, 0.29) is 36.3 Å². The fraction of sp³-hybridized carbons (Fsp3) is 0.0769. The number of aliphatic imine (C=N–C) groups is 1. The van der Waals surface area contributed by atoms with Crippen LogP contribution < -0.4 is 10.4 Å². The fourth-order valence-corrected chi connectivity index (χ4v) is 7.50. The zero-order chi connectivity index (χ0) is 42.4. The van der Waals surface area contributed by atoms with Crippen LogP contribution in [-0.4, -0.2) is 10.7 Å². The standard InChI is InChI=1S/C52H40N2O/c1-33-29-30-38-23-17-31-53-50(38)49(33)54-36(4)34(2)41-24-13-14-25-42(41)35(3)47-48(37-18-7-5-8-19-37)52(55-51(47)39-20-9-6-10-21-39)46-32-40-22-11-12-26-43(40)44-27-15-16-28-45(44)46/h5-32H,1-4H3/b41-34+,42-35+,54-36?/i2D,3D,13D,14D,24D,25D. The Balaban J connectivity index is 1.49. The van der Waals surface area contributed by atoms with Gasteiger partial charge in [-0.15, -0.1) is 0 Å². The molecule has 2 heterocycles. The number of hydrogen-bond acceptors (Lipinski definition) is 3. The Morgan fingerprint density at radius 1 is 0.655 bits per heavy atom. The highest BCUT2D eigenvalue weighted by molar-refractivity contribution is 6.18. The lowest BCUT2D eigenvalue weighted by Gasteiger charge is -2.12. The van der Waals surface area contributed by atoms with E-state index in [1.165, 1.54) is 0 Å². The number of aromatic nitrogens is 1. The summed E-state index contributed by atoms with van der Waals surface area (Å²) in [6.45, 7) is 2.99. The molecule has 0 saturated heterocycles. The highest BCUT2D eigenvalue weighted by atomic mass is 16.3. The second kappa shape index (κ2) is 14.2. The predicted octanol–water partition coefficient (Wildman–Crippen LogP) is 12.6. The number of rotatable bonds is 6. The summed E-state index contributed by atoms with van der Waals surface area (Å²) in [5, 5.41) is 5.33. The number of hydrogen-bond donors (Lipinski definition) is 0. The highest BCUT2D eigenvalue weighted by Gasteiger charge is 2.27. The third kappa shape index (κ3) is 6.04. The average Bonchev–Trinajstić information content (AvgIpc) is 3.70. The zero-order valence-corrected chi connectivity index (χ0v) is 30.6. The van der Waals surface area contributed by atoms with Gasteiger partial charge in [0.2, 0.25) is 0 Å². The highest BCUT2D eigenvalue weighted by Crippen LogP contribution is 2.48. The molecule has 7 aromatic carbocycles. The quantitative estimate of drug-likeness (QED) is 0.127. The van der Waals surface area contributed by atoms with Crippen molar-refractivity contribution in [2.24, 2.45) is 4.99 Å². The number of furan rings is 1. The van der Waals surface area contributed by atoms with E-state index in [4.69, 9.17) is 13.5 Å². The lowest BCUT2D eigenvalue weighted by atomic mass is 9.88. The van der Waals surface area contributed by atoms with Crippen molar-refractivity contribution in [1.29, 1.82) is 0 Å². The summed E-state index contributed by atoms with van der Waals surface area (Å²) in [5.41, 5.74) is 6.86. The molecule has 0 aliphatic heterocycles. The van der Waals surface area contributed by atoms with E-state index in [1.54, 1.807) is 13.1 Å². The van der Waals surface area contributed by atoms with E-state index in [2.05, 4.69) is 35.3 Å². The summed E-state index contributed by atoms with van der Waals surface area (Å²) >= 11 is 0. The molecule has 55 heavy (non-hydrogen) atoms. The van der Waals surface area contributed by atoms with Gasteiger partial charge in [-0.2, -0.15) is 0 Å². The minimum atomic E-state index is -0.436. The van der Waals surface area contributed by atoms with Crippen molar-refractivity contribution < 1.29 is 12.6 Å². The van der Waals surface area contributed by atoms with Crippen molar-refractivity contribution in [3.63, 3.8) is 0 Å². The van der Waals surface area contributed by atoms with Crippen LogP contribution >= 0.6 is 0 Å². The zero-order valence-electron chi connectivity index (χ0n) is 36.6. The molecule has 0 fully saturated rings. The molecular formula is C52H40N2O. The Morgan fingerprint density at radius 2 is 1.33 bits per heavy atom. The second-order valence-electron chi connectivity index (χ2n) is 13.6. The number of pyridine rings is 1. The number of nitrogens with zero attached hydrogens (tertiary/aromatic N) is 2. The molecule has 0 unspecified atom stereocenters. The van der Waals surface area contributed by atoms with Crippen molar-refractivity contribution >= 4 is 55.0 Å². The normalized spacial score (nSPS) is 14.5. The van der Waals surface area contributed by atoms with Gasteiger partial charge in [0, 0.05) is 42.3 Å². The second-order valence-corrected chi connectivity index (χ2v) is 13.6. The van der Waals surface area contributed by atoms with Crippen molar-refractivity contribution in [2.75, 3.05) is 0 Å². The Bertz CT molecular complexity index is 3340. The predicted molar refractivity (Wildman–Crippen MR) is 232 cm³/mol. The first kappa shape index (κ1) is 27.7. The van der Waals surface area contributed by atoms with Gasteiger partial charge < -0.3 is 4.42 Å². The van der Waals surface area contributed by atoms with Gasteiger partial charge in [0.1, 0.15) is 11.5 Å². The van der Waals surface area contributed by atoms with Crippen LogP contribution in [-0.2, 0) is 0 Å². The molecule has 0 saturated carbocycles. The molecule has 0 aliphatic carbocycles. The van der Waals surface area contributed by atoms with Crippen LogP contribution in [0.2, 0.25) is 0 Å². The van der Waals surface area contributed by atoms with Gasteiger partial charge in [-0.1, -0.05) is 152 Å². The monoisotopic (exact) mass is 714 g/mol. The van der Waals surface area contributed by atoms with Crippen molar-refractivity contribution in [3.05, 3.63) is 191 Å². The molecule has 0 atom stereocenters. The third-order valence-electron chi connectivity index (χ3n) is 10.3. The topological polar surface area (TPSA) is 38.4 Å². The number of fused-ring (bicyclic) bond motifs is 4. The van der Waals surface area contributed by atoms with Crippen LogP contribution in [0, 0.1) is 6.92 Å². The first-order chi connectivity index (χ1) is 29.7. The Labute approximate surface area is 329 Å². The molecule has 0 bridgehead atoms. The van der Waals surface area contributed by atoms with Crippen LogP contribution in [0.25, 0.3) is 77.4 Å². The van der Waals surface area contributed by atoms with Gasteiger partial charge in [0.05, 0.1) is 16.7 Å². The van der Waals surface area contributed by atoms with Crippen LogP contribution in [0.1, 0.15) is 40.1 Å². The molecular weight excluding hydrogens is 669 g/mol. The summed E-state index contributed by atoms with van der Waals surface area (Å²) in [4.78, 5) is 9.68. The maximum absolute atomic E-state index is 9.60. The lowest BCUT2D eigenvalue weighted by Crippen LogP contribution is -2.30. The van der Waals surface area contributed by atoms with Crippen molar-refractivity contribution in [2.45, 2.75) is 27.6 Å². The third-order valence-corrected chi connectivity index (χ3v) is 10.3. The molecule has 264 valence electrons. The van der Waals surface area contributed by atoms with E-state index < -0.39 is 12.1 Å². The smallest absolute Gasteiger partial charge is 0.143 e. The first-order valence-electron chi connectivity index (χ1n) is 21.6. The van der Waals surface area contributed by atoms with Crippen molar-refractivity contribution in [3.8, 4) is 33.8 Å². The summed E-state index contributed by atoms with van der Waals surface area (Å²) in [6.07, 6.45) is 1.71. The summed E-state index contributed by atoms with van der Waals surface area (Å²) in [7, 11) is 0. The molecule has 0 amide bonds. The number of aryl methyl sites for hydroxylation is 1. The molecule has 2 aromatic heterocycles. The molecule has 9 rings (SSSR count). The molecule has 3 nitrogen and oxygen atoms in total. The molecule has 9 aromatic rings. The van der Waals surface area contributed by atoms with Gasteiger partial charge in [-0.25, -0.2) is 0 Å². The maximum Gasteiger partial charge on any atom is 0.143 e. The van der Waals surface area contributed by atoms with Gasteiger partial charge in [-0.3, -0.25) is 9.98 Å². The fourth-order valence-electron chi connectivity index (χ4n) is 7.50. The number of benzene rings is 7. The van der Waals surface area contributed by atoms with Gasteiger partial charge in [0.25, 0.3) is 0 Å². The SMILES string of the molecule is [2H]C/C(C(C)=Nc1c(C)ccc2cccnc12)=c1/c([2H])c([2H])c([2H])c([2H])/c1=C(/C[2H])c1c(-c2ccccc2)oc(-c2cc3ccccc3c3ccccc23)c1-c1ccccc1. The summed E-state index contributed by atoms with van der Waals surface area (Å²) in [5.74, 6) is 1.03. The van der Waals surface area contributed by atoms with E-state index in [0.717, 1.165) is 49.2 Å². The maximum atomic E-state index is 9.60. The Hall–Kier alpha value is -6.84. The van der Waals surface area contributed by atoms with Gasteiger partial charge >= 0.3 is 0 Å².